The number of rotatable bonds is 5. The number of likely N-dealkylation sites (N-methyl/N-ethyl adjacent to an activating group) is 2. The summed E-state index contributed by atoms with van der Waals surface area (Å²) in [6.07, 6.45) is 4.09. The first-order valence-electron chi connectivity index (χ1n) is 4.91. The van der Waals surface area contributed by atoms with Gasteiger partial charge in [-0.1, -0.05) is 26.5 Å². The maximum absolute atomic E-state index is 3.82. The van der Waals surface area contributed by atoms with Gasteiger partial charge in [0.25, 0.3) is 0 Å². The highest BCUT2D eigenvalue weighted by molar-refractivity contribution is 5.12. The van der Waals surface area contributed by atoms with E-state index in [0.717, 1.165) is 18.8 Å². The largest absolute Gasteiger partial charge is 0.386 e. The molecule has 0 bridgehead atoms. The number of hydrogen-bond acceptors (Lipinski definition) is 2. The Morgan fingerprint density at radius 2 is 1.92 bits per heavy atom. The SMILES string of the molecule is C=C(/C=C/CN(C)C)NCC.CC. The summed E-state index contributed by atoms with van der Waals surface area (Å²) in [4.78, 5) is 2.11. The Labute approximate surface area is 83.3 Å². The first kappa shape index (κ1) is 14.7. The van der Waals surface area contributed by atoms with Gasteiger partial charge in [0.2, 0.25) is 0 Å². The molecule has 0 atom stereocenters. The second-order valence-corrected chi connectivity index (χ2v) is 2.72. The van der Waals surface area contributed by atoms with Crippen LogP contribution in [0.3, 0.4) is 0 Å². The van der Waals surface area contributed by atoms with Crippen molar-refractivity contribution in [2.45, 2.75) is 20.8 Å². The highest BCUT2D eigenvalue weighted by atomic mass is 15.0. The van der Waals surface area contributed by atoms with Gasteiger partial charge in [-0.05, 0) is 27.1 Å². The Morgan fingerprint density at radius 3 is 2.31 bits per heavy atom. The quantitative estimate of drug-likeness (QED) is 0.659. The minimum Gasteiger partial charge on any atom is -0.386 e. The smallest absolute Gasteiger partial charge is 0.0264 e. The first-order chi connectivity index (χ1) is 6.16. The van der Waals surface area contributed by atoms with E-state index < -0.39 is 0 Å². The van der Waals surface area contributed by atoms with Gasteiger partial charge >= 0.3 is 0 Å². The number of nitrogens with zero attached hydrogens (tertiary/aromatic N) is 1. The lowest BCUT2D eigenvalue weighted by atomic mass is 10.4. The Morgan fingerprint density at radius 1 is 1.38 bits per heavy atom. The summed E-state index contributed by atoms with van der Waals surface area (Å²) in [6.45, 7) is 11.8. The predicted octanol–water partition coefficient (Wildman–Crippen LogP) is 2.25. The molecule has 0 aliphatic carbocycles. The van der Waals surface area contributed by atoms with Gasteiger partial charge in [-0.3, -0.25) is 0 Å². The van der Waals surface area contributed by atoms with Gasteiger partial charge < -0.3 is 10.2 Å². The Hall–Kier alpha value is -0.760. The summed E-state index contributed by atoms with van der Waals surface area (Å²) in [5, 5.41) is 3.12. The minimum absolute atomic E-state index is 0.936. The zero-order chi connectivity index (χ0) is 10.7. The third kappa shape index (κ3) is 14.1. The minimum atomic E-state index is 0.936. The summed E-state index contributed by atoms with van der Waals surface area (Å²) in [7, 11) is 4.08. The molecule has 0 radical (unpaired) electrons. The van der Waals surface area contributed by atoms with E-state index in [1.54, 1.807) is 0 Å². The standard InChI is InChI=1S/C9H18N2.C2H6/c1-5-10-9(2)7-6-8-11(3)4;1-2/h6-7,10H,2,5,8H2,1,3-4H3;1-2H3/b7-6+;. The maximum atomic E-state index is 3.82. The van der Waals surface area contributed by atoms with E-state index in [9.17, 15) is 0 Å². The van der Waals surface area contributed by atoms with Crippen molar-refractivity contribution in [3.8, 4) is 0 Å². The molecule has 0 spiro atoms. The molecule has 0 fully saturated rings. The van der Waals surface area contributed by atoms with Crippen LogP contribution in [0.15, 0.2) is 24.4 Å². The monoisotopic (exact) mass is 184 g/mol. The van der Waals surface area contributed by atoms with E-state index in [4.69, 9.17) is 0 Å². The zero-order valence-corrected chi connectivity index (χ0v) is 9.72. The highest BCUT2D eigenvalue weighted by Gasteiger charge is 1.84. The van der Waals surface area contributed by atoms with Crippen molar-refractivity contribution in [2.24, 2.45) is 0 Å². The average molecular weight is 184 g/mol. The van der Waals surface area contributed by atoms with Crippen LogP contribution >= 0.6 is 0 Å². The molecule has 0 saturated heterocycles. The van der Waals surface area contributed by atoms with Crippen molar-refractivity contribution in [3.05, 3.63) is 24.4 Å². The number of nitrogens with one attached hydrogen (secondary N) is 1. The number of allylic oxidation sites excluding steroid dienone is 1. The predicted molar refractivity (Wildman–Crippen MR) is 61.9 cm³/mol. The molecule has 13 heavy (non-hydrogen) atoms. The average Bonchev–Trinajstić information content (AvgIpc) is 2.08. The summed E-state index contributed by atoms with van der Waals surface area (Å²) in [5.41, 5.74) is 0.981. The molecule has 0 saturated carbocycles. The van der Waals surface area contributed by atoms with Crippen LogP contribution in [0.5, 0.6) is 0 Å². The molecule has 0 rings (SSSR count). The van der Waals surface area contributed by atoms with E-state index >= 15 is 0 Å². The van der Waals surface area contributed by atoms with Crippen LogP contribution in [0.1, 0.15) is 20.8 Å². The van der Waals surface area contributed by atoms with Gasteiger partial charge in [0.1, 0.15) is 0 Å². The first-order valence-corrected chi connectivity index (χ1v) is 4.91. The van der Waals surface area contributed by atoms with Crippen LogP contribution in [0.4, 0.5) is 0 Å². The third-order valence-corrected chi connectivity index (χ3v) is 1.19. The fourth-order valence-corrected chi connectivity index (χ4v) is 0.692. The van der Waals surface area contributed by atoms with Crippen molar-refractivity contribution in [2.75, 3.05) is 27.2 Å². The molecule has 0 aliphatic rings. The van der Waals surface area contributed by atoms with E-state index in [0.29, 0.717) is 0 Å². The molecular weight excluding hydrogens is 160 g/mol. The summed E-state index contributed by atoms with van der Waals surface area (Å²) in [5.74, 6) is 0. The van der Waals surface area contributed by atoms with E-state index in [2.05, 4.69) is 29.8 Å². The molecule has 78 valence electrons. The summed E-state index contributed by atoms with van der Waals surface area (Å²) >= 11 is 0. The molecule has 0 aromatic heterocycles. The van der Waals surface area contributed by atoms with Crippen molar-refractivity contribution in [3.63, 3.8) is 0 Å². The highest BCUT2D eigenvalue weighted by Crippen LogP contribution is 1.86. The van der Waals surface area contributed by atoms with Gasteiger partial charge in [-0.15, -0.1) is 0 Å². The van der Waals surface area contributed by atoms with Gasteiger partial charge in [0.15, 0.2) is 0 Å². The molecule has 1 N–H and O–H groups in total. The third-order valence-electron chi connectivity index (χ3n) is 1.19. The van der Waals surface area contributed by atoms with E-state index in [1.807, 2.05) is 34.0 Å². The molecule has 0 unspecified atom stereocenters. The second kappa shape index (κ2) is 11.2. The normalized spacial score (nSPS) is 9.69. The summed E-state index contributed by atoms with van der Waals surface area (Å²) < 4.78 is 0. The molecule has 0 aromatic rings. The van der Waals surface area contributed by atoms with Gasteiger partial charge in [0, 0.05) is 18.8 Å². The second-order valence-electron chi connectivity index (χ2n) is 2.72. The van der Waals surface area contributed by atoms with Crippen LogP contribution in [-0.2, 0) is 0 Å². The molecule has 2 heteroatoms. The lowest BCUT2D eigenvalue weighted by Crippen LogP contribution is -2.12. The molecule has 0 heterocycles. The summed E-state index contributed by atoms with van der Waals surface area (Å²) in [6, 6.07) is 0. The lowest BCUT2D eigenvalue weighted by molar-refractivity contribution is 0.456. The van der Waals surface area contributed by atoms with Crippen molar-refractivity contribution in [1.29, 1.82) is 0 Å². The van der Waals surface area contributed by atoms with Gasteiger partial charge in [0.05, 0.1) is 0 Å². The lowest BCUT2D eigenvalue weighted by Gasteiger charge is -2.04. The Bertz CT molecular complexity index is 137. The van der Waals surface area contributed by atoms with Crippen LogP contribution in [0.2, 0.25) is 0 Å². The van der Waals surface area contributed by atoms with Crippen LogP contribution < -0.4 is 5.32 Å². The van der Waals surface area contributed by atoms with Crippen LogP contribution in [0, 0.1) is 0 Å². The van der Waals surface area contributed by atoms with Gasteiger partial charge in [-0.2, -0.15) is 0 Å². The fraction of sp³-hybridized carbons (Fsp3) is 0.636. The topological polar surface area (TPSA) is 15.3 Å². The molecule has 0 aliphatic heterocycles. The van der Waals surface area contributed by atoms with Crippen molar-refractivity contribution in [1.82, 2.24) is 10.2 Å². The van der Waals surface area contributed by atoms with E-state index in [-0.39, 0.29) is 0 Å². The van der Waals surface area contributed by atoms with Crippen molar-refractivity contribution >= 4 is 0 Å². The zero-order valence-electron chi connectivity index (χ0n) is 9.72. The van der Waals surface area contributed by atoms with Gasteiger partial charge in [-0.25, -0.2) is 0 Å². The van der Waals surface area contributed by atoms with E-state index in [1.165, 1.54) is 0 Å². The number of hydrogen-bond donors (Lipinski definition) is 1. The van der Waals surface area contributed by atoms with Crippen LogP contribution in [0.25, 0.3) is 0 Å². The Kier molecular flexibility index (Phi) is 12.8. The maximum Gasteiger partial charge on any atom is 0.0264 e. The molecule has 0 amide bonds. The Balaban J connectivity index is 0. The molecular formula is C11H24N2. The van der Waals surface area contributed by atoms with Crippen LogP contribution in [-0.4, -0.2) is 32.1 Å². The molecule has 2 nitrogen and oxygen atoms in total. The fourth-order valence-electron chi connectivity index (χ4n) is 0.692. The van der Waals surface area contributed by atoms with Crippen molar-refractivity contribution < 1.29 is 0 Å². The molecule has 0 aromatic carbocycles.